The summed E-state index contributed by atoms with van der Waals surface area (Å²) in [6, 6.07) is 14.7. The van der Waals surface area contributed by atoms with Gasteiger partial charge >= 0.3 is 0 Å². The van der Waals surface area contributed by atoms with Gasteiger partial charge in [-0.1, -0.05) is 71.9 Å². The molecule has 0 bridgehead atoms. The molecule has 0 aliphatic rings. The Kier molecular flexibility index (Phi) is 4.43. The van der Waals surface area contributed by atoms with Crippen LogP contribution in [0.15, 0.2) is 54.7 Å². The molecule has 3 rings (SSSR count). The number of benzene rings is 2. The summed E-state index contributed by atoms with van der Waals surface area (Å²) >= 11 is 0. The number of hydrogen-bond donors (Lipinski definition) is 0. The molecule has 138 valence electrons. The first-order valence-electron chi connectivity index (χ1n) is 8.94. The minimum absolute atomic E-state index is 0.282. The van der Waals surface area contributed by atoms with Gasteiger partial charge in [0.1, 0.15) is 5.82 Å². The van der Waals surface area contributed by atoms with Crippen LogP contribution in [0.3, 0.4) is 0 Å². The van der Waals surface area contributed by atoms with Gasteiger partial charge in [0.25, 0.3) is 0 Å². The van der Waals surface area contributed by atoms with Crippen molar-refractivity contribution in [3.8, 4) is 11.1 Å². The number of fused-ring (bicyclic) bond motifs is 1. The maximum Gasteiger partial charge on any atom is 0.186 e. The molecule has 26 heavy (non-hydrogen) atoms. The second-order valence-electron chi connectivity index (χ2n) is 8.84. The van der Waals surface area contributed by atoms with Gasteiger partial charge < -0.3 is 0 Å². The normalized spacial score (nSPS) is 13.3. The second-order valence-corrected chi connectivity index (χ2v) is 13.1. The van der Waals surface area contributed by atoms with Gasteiger partial charge in [0.2, 0.25) is 0 Å². The lowest BCUT2D eigenvalue weighted by atomic mass is 10.0. The average Bonchev–Trinajstić information content (AvgIpc) is 2.95. The summed E-state index contributed by atoms with van der Waals surface area (Å²) in [6.45, 7) is 12.1. The van der Waals surface area contributed by atoms with Crippen molar-refractivity contribution in [2.75, 3.05) is 0 Å². The number of rotatable bonds is 2. The lowest BCUT2D eigenvalue weighted by molar-refractivity contribution is 0.509. The molecule has 1 heterocycles. The molecule has 4 heteroatoms. The largest absolute Gasteiger partial charge is 0.299 e. The molecule has 0 unspecified atom stereocenters. The van der Waals surface area contributed by atoms with Gasteiger partial charge in [-0.2, -0.15) is 0 Å². The molecular formula is C22H27FNOP. The van der Waals surface area contributed by atoms with Crippen molar-refractivity contribution >= 4 is 18.2 Å². The molecular weight excluding hydrogens is 344 g/mol. The molecule has 0 saturated carbocycles. The first kappa shape index (κ1) is 18.9. The summed E-state index contributed by atoms with van der Waals surface area (Å²) in [4.78, 5) is 0. The Bertz CT molecular complexity index is 973. The summed E-state index contributed by atoms with van der Waals surface area (Å²) in [6.07, 6.45) is 1.87. The topological polar surface area (TPSA) is 22.0 Å². The first-order chi connectivity index (χ1) is 12.0. The van der Waals surface area contributed by atoms with Crippen LogP contribution >= 0.6 is 7.29 Å². The predicted molar refractivity (Wildman–Crippen MR) is 110 cm³/mol. The van der Waals surface area contributed by atoms with Gasteiger partial charge in [-0.05, 0) is 23.8 Å². The van der Waals surface area contributed by atoms with E-state index in [4.69, 9.17) is 0 Å². The SMILES string of the molecule is CC(C)(C)P(=O)(n1ccc2cc(F)cc(-c3ccccc3)c21)C(C)(C)C. The highest BCUT2D eigenvalue weighted by Crippen LogP contribution is 2.68. The van der Waals surface area contributed by atoms with Crippen LogP contribution in [0.1, 0.15) is 41.5 Å². The summed E-state index contributed by atoms with van der Waals surface area (Å²) in [5, 5.41) is -0.0865. The fraction of sp³-hybridized carbons (Fsp3) is 0.364. The molecule has 0 spiro atoms. The lowest BCUT2D eigenvalue weighted by Crippen LogP contribution is -2.32. The molecule has 0 atom stereocenters. The van der Waals surface area contributed by atoms with E-state index in [1.54, 1.807) is 6.07 Å². The number of aromatic nitrogens is 1. The molecule has 2 aromatic carbocycles. The zero-order valence-corrected chi connectivity index (χ0v) is 17.3. The van der Waals surface area contributed by atoms with Crippen molar-refractivity contribution in [3.63, 3.8) is 0 Å². The smallest absolute Gasteiger partial charge is 0.186 e. The number of nitrogens with zero attached hydrogens (tertiary/aromatic N) is 1. The molecule has 0 N–H and O–H groups in total. The lowest BCUT2D eigenvalue weighted by Gasteiger charge is -2.42. The summed E-state index contributed by atoms with van der Waals surface area (Å²) in [5.74, 6) is -0.282. The number of halogens is 1. The van der Waals surface area contributed by atoms with Gasteiger partial charge in [-0.3, -0.25) is 8.90 Å². The van der Waals surface area contributed by atoms with E-state index in [1.165, 1.54) is 6.07 Å². The van der Waals surface area contributed by atoms with Crippen molar-refractivity contribution in [3.05, 3.63) is 60.5 Å². The van der Waals surface area contributed by atoms with E-state index in [9.17, 15) is 8.96 Å². The Morgan fingerprint density at radius 3 is 2.00 bits per heavy atom. The highest BCUT2D eigenvalue weighted by atomic mass is 31.2. The Balaban J connectivity index is 2.45. The Morgan fingerprint density at radius 2 is 1.46 bits per heavy atom. The van der Waals surface area contributed by atoms with Crippen LogP contribution in [-0.4, -0.2) is 14.6 Å². The monoisotopic (exact) mass is 371 g/mol. The van der Waals surface area contributed by atoms with E-state index in [-0.39, 0.29) is 5.82 Å². The maximum atomic E-state index is 14.5. The van der Waals surface area contributed by atoms with Crippen LogP contribution in [0.25, 0.3) is 22.0 Å². The maximum absolute atomic E-state index is 14.5. The molecule has 0 aliphatic heterocycles. The van der Waals surface area contributed by atoms with Crippen LogP contribution in [0.2, 0.25) is 0 Å². The molecule has 0 radical (unpaired) electrons. The Hall–Kier alpha value is -1.86. The zero-order chi connectivity index (χ0) is 19.3. The van der Waals surface area contributed by atoms with E-state index in [0.29, 0.717) is 0 Å². The third kappa shape index (κ3) is 2.83. The molecule has 3 aromatic rings. The van der Waals surface area contributed by atoms with Gasteiger partial charge in [0, 0.05) is 27.5 Å². The molecule has 0 aliphatic carbocycles. The predicted octanol–water partition coefficient (Wildman–Crippen LogP) is 7.17. The minimum Gasteiger partial charge on any atom is -0.299 e. The van der Waals surface area contributed by atoms with Gasteiger partial charge in [-0.25, -0.2) is 4.39 Å². The van der Waals surface area contributed by atoms with E-state index < -0.39 is 17.6 Å². The molecule has 0 amide bonds. The van der Waals surface area contributed by atoms with Crippen molar-refractivity contribution in [1.82, 2.24) is 4.34 Å². The quantitative estimate of drug-likeness (QED) is 0.438. The second kappa shape index (κ2) is 6.09. The highest BCUT2D eigenvalue weighted by Gasteiger charge is 2.48. The van der Waals surface area contributed by atoms with Crippen molar-refractivity contribution in [1.29, 1.82) is 0 Å². The summed E-state index contributed by atoms with van der Waals surface area (Å²) in [7, 11) is -2.91. The van der Waals surface area contributed by atoms with Gasteiger partial charge in [-0.15, -0.1) is 0 Å². The Labute approximate surface area is 155 Å². The standard InChI is InChI=1S/C22H27FNOP/c1-21(2,3)26(25,22(4,5)6)24-13-12-17-14-18(23)15-19(20(17)24)16-10-8-7-9-11-16/h7-15H,1-6H3. The van der Waals surface area contributed by atoms with Crippen LogP contribution in [0, 0.1) is 5.82 Å². The van der Waals surface area contributed by atoms with E-state index >= 15 is 0 Å². The van der Waals surface area contributed by atoms with E-state index in [2.05, 4.69) is 0 Å². The van der Waals surface area contributed by atoms with E-state index in [0.717, 1.165) is 22.0 Å². The fourth-order valence-electron chi connectivity index (χ4n) is 3.95. The van der Waals surface area contributed by atoms with Gasteiger partial charge in [0.05, 0.1) is 5.52 Å². The van der Waals surface area contributed by atoms with Crippen LogP contribution in [-0.2, 0) is 4.57 Å². The van der Waals surface area contributed by atoms with Crippen LogP contribution in [0.5, 0.6) is 0 Å². The van der Waals surface area contributed by atoms with Gasteiger partial charge in [0.15, 0.2) is 7.29 Å². The minimum atomic E-state index is -2.91. The average molecular weight is 371 g/mol. The van der Waals surface area contributed by atoms with Crippen LogP contribution in [0.4, 0.5) is 4.39 Å². The molecule has 0 saturated heterocycles. The molecule has 0 fully saturated rings. The zero-order valence-electron chi connectivity index (χ0n) is 16.4. The van der Waals surface area contributed by atoms with Crippen LogP contribution < -0.4 is 0 Å². The van der Waals surface area contributed by atoms with Crippen molar-refractivity contribution in [2.45, 2.75) is 51.9 Å². The summed E-state index contributed by atoms with van der Waals surface area (Å²) < 4.78 is 30.7. The Morgan fingerprint density at radius 1 is 0.885 bits per heavy atom. The highest BCUT2D eigenvalue weighted by molar-refractivity contribution is 7.65. The van der Waals surface area contributed by atoms with E-state index in [1.807, 2.05) is 88.5 Å². The molecule has 1 aromatic heterocycles. The third-order valence-corrected chi connectivity index (χ3v) is 9.51. The fourth-order valence-corrected chi connectivity index (χ4v) is 8.02. The van der Waals surface area contributed by atoms with Crippen molar-refractivity contribution in [2.24, 2.45) is 0 Å². The third-order valence-electron chi connectivity index (χ3n) is 4.94. The first-order valence-corrected chi connectivity index (χ1v) is 10.6. The number of hydrogen-bond acceptors (Lipinski definition) is 1. The summed E-state index contributed by atoms with van der Waals surface area (Å²) in [5.41, 5.74) is 2.54. The van der Waals surface area contributed by atoms with Crippen molar-refractivity contribution < 1.29 is 8.96 Å². The molecule has 2 nitrogen and oxygen atoms in total.